The van der Waals surface area contributed by atoms with Crippen molar-refractivity contribution >= 4 is 0 Å². The Hall–Kier alpha value is -1.47. The van der Waals surface area contributed by atoms with E-state index < -0.39 is 18.8 Å². The normalized spacial score (nSPS) is 13.2. The van der Waals surface area contributed by atoms with Gasteiger partial charge in [0.1, 0.15) is 18.1 Å². The summed E-state index contributed by atoms with van der Waals surface area (Å²) in [7, 11) is 2.95. The standard InChI is InChI=1S/C12H16F3NO3/c1-17-8-3-4-9(11(5-8)18-2)10(16)6-19-7-12(13,14)15/h3-5,10H,6-7,16H2,1-2H3. The molecule has 0 aliphatic heterocycles. The average Bonchev–Trinajstić information content (AvgIpc) is 2.36. The summed E-state index contributed by atoms with van der Waals surface area (Å²) in [6, 6.07) is 4.20. The second-order valence-electron chi connectivity index (χ2n) is 3.84. The Labute approximate surface area is 109 Å². The summed E-state index contributed by atoms with van der Waals surface area (Å²) in [5, 5.41) is 0. The van der Waals surface area contributed by atoms with E-state index in [9.17, 15) is 13.2 Å². The van der Waals surface area contributed by atoms with E-state index in [-0.39, 0.29) is 6.61 Å². The molecule has 0 bridgehead atoms. The Kier molecular flexibility index (Phi) is 5.44. The number of alkyl halides is 3. The molecule has 1 atom stereocenters. The molecule has 1 rings (SSSR count). The maximum absolute atomic E-state index is 11.9. The molecule has 0 heterocycles. The second-order valence-corrected chi connectivity index (χ2v) is 3.84. The molecule has 0 radical (unpaired) electrons. The van der Waals surface area contributed by atoms with Crippen LogP contribution in [0.3, 0.4) is 0 Å². The molecule has 0 fully saturated rings. The third kappa shape index (κ3) is 4.96. The smallest absolute Gasteiger partial charge is 0.411 e. The average molecular weight is 279 g/mol. The molecule has 0 saturated heterocycles. The van der Waals surface area contributed by atoms with Gasteiger partial charge in [-0.2, -0.15) is 13.2 Å². The fourth-order valence-corrected chi connectivity index (χ4v) is 1.52. The van der Waals surface area contributed by atoms with E-state index in [1.54, 1.807) is 18.2 Å². The third-order valence-corrected chi connectivity index (χ3v) is 2.40. The minimum absolute atomic E-state index is 0.248. The van der Waals surface area contributed by atoms with Gasteiger partial charge in [0.25, 0.3) is 0 Å². The largest absolute Gasteiger partial charge is 0.497 e. The van der Waals surface area contributed by atoms with Crippen LogP contribution in [0.2, 0.25) is 0 Å². The highest BCUT2D eigenvalue weighted by atomic mass is 19.4. The molecule has 19 heavy (non-hydrogen) atoms. The number of nitrogens with two attached hydrogens (primary N) is 1. The van der Waals surface area contributed by atoms with E-state index in [0.29, 0.717) is 17.1 Å². The van der Waals surface area contributed by atoms with E-state index in [1.165, 1.54) is 14.2 Å². The second kappa shape index (κ2) is 6.63. The first-order chi connectivity index (χ1) is 8.87. The summed E-state index contributed by atoms with van der Waals surface area (Å²) in [5.41, 5.74) is 6.34. The van der Waals surface area contributed by atoms with Gasteiger partial charge in [-0.3, -0.25) is 0 Å². The first kappa shape index (κ1) is 15.6. The Bertz CT molecular complexity index is 410. The van der Waals surface area contributed by atoms with Crippen LogP contribution in [0.25, 0.3) is 0 Å². The summed E-state index contributed by atoms with van der Waals surface area (Å²) in [5.74, 6) is 1.02. The number of halogens is 3. The van der Waals surface area contributed by atoms with Gasteiger partial charge in [0.05, 0.1) is 26.9 Å². The highest BCUT2D eigenvalue weighted by molar-refractivity contribution is 5.42. The van der Waals surface area contributed by atoms with Crippen LogP contribution in [0.5, 0.6) is 11.5 Å². The SMILES string of the molecule is COc1ccc(C(N)COCC(F)(F)F)c(OC)c1. The lowest BCUT2D eigenvalue weighted by Crippen LogP contribution is -2.23. The zero-order chi connectivity index (χ0) is 14.5. The first-order valence-corrected chi connectivity index (χ1v) is 5.49. The van der Waals surface area contributed by atoms with Gasteiger partial charge < -0.3 is 19.9 Å². The van der Waals surface area contributed by atoms with Crippen LogP contribution in [0.15, 0.2) is 18.2 Å². The molecule has 4 nitrogen and oxygen atoms in total. The van der Waals surface area contributed by atoms with Crippen molar-refractivity contribution in [3.8, 4) is 11.5 Å². The lowest BCUT2D eigenvalue weighted by Gasteiger charge is -2.17. The number of rotatable bonds is 6. The quantitative estimate of drug-likeness (QED) is 0.868. The van der Waals surface area contributed by atoms with Crippen LogP contribution in [0, 0.1) is 0 Å². The van der Waals surface area contributed by atoms with Crippen molar-refractivity contribution in [3.05, 3.63) is 23.8 Å². The molecule has 0 amide bonds. The van der Waals surface area contributed by atoms with Crippen molar-refractivity contribution in [2.75, 3.05) is 27.4 Å². The van der Waals surface area contributed by atoms with Crippen molar-refractivity contribution in [3.63, 3.8) is 0 Å². The number of hydrogen-bond donors (Lipinski definition) is 1. The van der Waals surface area contributed by atoms with E-state index in [1.807, 2.05) is 0 Å². The summed E-state index contributed by atoms with van der Waals surface area (Å²) in [4.78, 5) is 0. The molecule has 0 aliphatic carbocycles. The van der Waals surface area contributed by atoms with Crippen LogP contribution >= 0.6 is 0 Å². The van der Waals surface area contributed by atoms with Crippen LogP contribution < -0.4 is 15.2 Å². The van der Waals surface area contributed by atoms with E-state index in [0.717, 1.165) is 0 Å². The van der Waals surface area contributed by atoms with Gasteiger partial charge in [-0.15, -0.1) is 0 Å². The molecule has 0 aliphatic rings. The predicted octanol–water partition coefficient (Wildman–Crippen LogP) is 2.28. The van der Waals surface area contributed by atoms with Gasteiger partial charge in [0, 0.05) is 11.6 Å². The minimum Gasteiger partial charge on any atom is -0.497 e. The molecule has 0 aromatic heterocycles. The highest BCUT2D eigenvalue weighted by Gasteiger charge is 2.28. The fourth-order valence-electron chi connectivity index (χ4n) is 1.52. The van der Waals surface area contributed by atoms with Crippen molar-refractivity contribution in [1.29, 1.82) is 0 Å². The summed E-state index contributed by atoms with van der Waals surface area (Å²) < 4.78 is 50.5. The molecule has 1 unspecified atom stereocenters. The molecule has 1 aromatic rings. The van der Waals surface area contributed by atoms with Crippen LogP contribution in [0.1, 0.15) is 11.6 Å². The molecule has 2 N–H and O–H groups in total. The van der Waals surface area contributed by atoms with Gasteiger partial charge >= 0.3 is 6.18 Å². The van der Waals surface area contributed by atoms with Crippen molar-refractivity contribution in [2.24, 2.45) is 5.73 Å². The summed E-state index contributed by atoms with van der Waals surface area (Å²) >= 11 is 0. The number of ether oxygens (including phenoxy) is 3. The van der Waals surface area contributed by atoms with Gasteiger partial charge in [-0.25, -0.2) is 0 Å². The Morgan fingerprint density at radius 1 is 1.21 bits per heavy atom. The van der Waals surface area contributed by atoms with Gasteiger partial charge in [-0.1, -0.05) is 0 Å². The van der Waals surface area contributed by atoms with E-state index in [4.69, 9.17) is 15.2 Å². The Morgan fingerprint density at radius 3 is 2.42 bits per heavy atom. The zero-order valence-corrected chi connectivity index (χ0v) is 10.7. The van der Waals surface area contributed by atoms with Gasteiger partial charge in [-0.05, 0) is 12.1 Å². The highest BCUT2D eigenvalue weighted by Crippen LogP contribution is 2.28. The lowest BCUT2D eigenvalue weighted by molar-refractivity contribution is -0.174. The van der Waals surface area contributed by atoms with Crippen molar-refractivity contribution < 1.29 is 27.4 Å². The molecule has 108 valence electrons. The maximum atomic E-state index is 11.9. The predicted molar refractivity (Wildman–Crippen MR) is 63.3 cm³/mol. The Morgan fingerprint density at radius 2 is 1.89 bits per heavy atom. The van der Waals surface area contributed by atoms with E-state index >= 15 is 0 Å². The minimum atomic E-state index is -4.36. The molecular formula is C12H16F3NO3. The number of methoxy groups -OCH3 is 2. The molecule has 1 aromatic carbocycles. The Balaban J connectivity index is 2.68. The van der Waals surface area contributed by atoms with Crippen molar-refractivity contribution in [1.82, 2.24) is 0 Å². The third-order valence-electron chi connectivity index (χ3n) is 2.40. The zero-order valence-electron chi connectivity index (χ0n) is 10.7. The van der Waals surface area contributed by atoms with Crippen LogP contribution in [-0.4, -0.2) is 33.6 Å². The molecule has 0 saturated carbocycles. The van der Waals surface area contributed by atoms with Crippen molar-refractivity contribution in [2.45, 2.75) is 12.2 Å². The van der Waals surface area contributed by atoms with Gasteiger partial charge in [0.15, 0.2) is 0 Å². The lowest BCUT2D eigenvalue weighted by atomic mass is 10.1. The first-order valence-electron chi connectivity index (χ1n) is 5.49. The van der Waals surface area contributed by atoms with Crippen LogP contribution in [-0.2, 0) is 4.74 Å². The van der Waals surface area contributed by atoms with Crippen LogP contribution in [0.4, 0.5) is 13.2 Å². The summed E-state index contributed by atoms with van der Waals surface area (Å²) in [6.45, 7) is -1.57. The molecule has 0 spiro atoms. The van der Waals surface area contributed by atoms with Gasteiger partial charge in [0.2, 0.25) is 0 Å². The number of benzene rings is 1. The topological polar surface area (TPSA) is 53.7 Å². The monoisotopic (exact) mass is 279 g/mol. The van der Waals surface area contributed by atoms with E-state index in [2.05, 4.69) is 4.74 Å². The molecular weight excluding hydrogens is 263 g/mol. The number of hydrogen-bond acceptors (Lipinski definition) is 4. The maximum Gasteiger partial charge on any atom is 0.411 e. The summed E-state index contributed by atoms with van der Waals surface area (Å²) in [6.07, 6.45) is -4.36. The fraction of sp³-hybridized carbons (Fsp3) is 0.500. The molecule has 7 heteroatoms.